The number of hydrogen-bond acceptors (Lipinski definition) is 3. The molecule has 144 valence electrons. The zero-order valence-electron chi connectivity index (χ0n) is 16.1. The average Bonchev–Trinajstić information content (AvgIpc) is 2.69. The smallest absolute Gasteiger partial charge is 0.224 e. The number of carbonyl (C=O) groups is 1. The Hall–Kier alpha value is -2.56. The molecule has 3 rings (SSSR count). The largest absolute Gasteiger partial charge is 0.385 e. The molecule has 0 spiro atoms. The summed E-state index contributed by atoms with van der Waals surface area (Å²) >= 11 is 0. The summed E-state index contributed by atoms with van der Waals surface area (Å²) < 4.78 is 13.0. The molecular formula is C22H28FN3O. The van der Waals surface area contributed by atoms with Crippen LogP contribution in [0.3, 0.4) is 0 Å². The first kappa shape index (κ1) is 19.2. The molecule has 0 radical (unpaired) electrons. The summed E-state index contributed by atoms with van der Waals surface area (Å²) in [6, 6.07) is 14.9. The van der Waals surface area contributed by atoms with Crippen LogP contribution in [0.15, 0.2) is 48.5 Å². The number of nitrogens with one attached hydrogen (secondary N) is 1. The Kier molecular flexibility index (Phi) is 6.32. The number of benzene rings is 2. The maximum absolute atomic E-state index is 13.0. The van der Waals surface area contributed by atoms with E-state index in [4.69, 9.17) is 0 Å². The third-order valence-corrected chi connectivity index (χ3v) is 5.07. The van der Waals surface area contributed by atoms with Crippen LogP contribution in [0.4, 0.5) is 15.8 Å². The summed E-state index contributed by atoms with van der Waals surface area (Å²) in [7, 11) is 0. The molecule has 1 aliphatic heterocycles. The number of nitrogens with zero attached hydrogens (tertiary/aromatic N) is 2. The van der Waals surface area contributed by atoms with Gasteiger partial charge >= 0.3 is 0 Å². The summed E-state index contributed by atoms with van der Waals surface area (Å²) in [6.07, 6.45) is 0.489. The van der Waals surface area contributed by atoms with E-state index in [0.717, 1.165) is 24.5 Å². The zero-order chi connectivity index (χ0) is 19.2. The van der Waals surface area contributed by atoms with Crippen LogP contribution in [0.1, 0.15) is 31.7 Å². The maximum atomic E-state index is 13.0. The monoisotopic (exact) mass is 369 g/mol. The predicted molar refractivity (Wildman–Crippen MR) is 109 cm³/mol. The van der Waals surface area contributed by atoms with Gasteiger partial charge in [-0.1, -0.05) is 26.0 Å². The van der Waals surface area contributed by atoms with Gasteiger partial charge in [-0.05, 0) is 47.9 Å². The molecule has 1 heterocycles. The highest BCUT2D eigenvalue weighted by molar-refractivity contribution is 5.77. The van der Waals surface area contributed by atoms with Gasteiger partial charge in [-0.2, -0.15) is 0 Å². The molecule has 0 aliphatic carbocycles. The van der Waals surface area contributed by atoms with E-state index in [1.54, 1.807) is 12.1 Å². The first-order valence-corrected chi connectivity index (χ1v) is 9.65. The predicted octanol–water partition coefficient (Wildman–Crippen LogP) is 4.10. The summed E-state index contributed by atoms with van der Waals surface area (Å²) in [4.78, 5) is 16.5. The SMILES string of the molecule is CC(C)c1ccc(NCCC(=O)N2CCN(c3ccc(F)cc3)CC2)cc1. The number of carbonyl (C=O) groups excluding carboxylic acids is 1. The minimum atomic E-state index is -0.223. The van der Waals surface area contributed by atoms with Crippen LogP contribution in [0.5, 0.6) is 0 Å². The van der Waals surface area contributed by atoms with Gasteiger partial charge in [0, 0.05) is 50.5 Å². The van der Waals surface area contributed by atoms with Crippen LogP contribution in [0.25, 0.3) is 0 Å². The lowest BCUT2D eigenvalue weighted by Gasteiger charge is -2.36. The van der Waals surface area contributed by atoms with Crippen LogP contribution in [-0.4, -0.2) is 43.5 Å². The lowest BCUT2D eigenvalue weighted by molar-refractivity contribution is -0.131. The minimum Gasteiger partial charge on any atom is -0.385 e. The van der Waals surface area contributed by atoms with Crippen molar-refractivity contribution in [1.82, 2.24) is 4.90 Å². The third-order valence-electron chi connectivity index (χ3n) is 5.07. The van der Waals surface area contributed by atoms with E-state index in [9.17, 15) is 9.18 Å². The second-order valence-electron chi connectivity index (χ2n) is 7.30. The quantitative estimate of drug-likeness (QED) is 0.833. The van der Waals surface area contributed by atoms with Gasteiger partial charge in [0.1, 0.15) is 5.82 Å². The molecule has 1 aliphatic rings. The van der Waals surface area contributed by atoms with Crippen molar-refractivity contribution in [2.45, 2.75) is 26.2 Å². The maximum Gasteiger partial charge on any atom is 0.224 e. The molecule has 4 nitrogen and oxygen atoms in total. The normalized spacial score (nSPS) is 14.5. The van der Waals surface area contributed by atoms with Gasteiger partial charge in [-0.25, -0.2) is 4.39 Å². The molecule has 0 aromatic heterocycles. The topological polar surface area (TPSA) is 35.6 Å². The van der Waals surface area contributed by atoms with Crippen LogP contribution >= 0.6 is 0 Å². The molecule has 0 saturated carbocycles. The first-order chi connectivity index (χ1) is 13.0. The van der Waals surface area contributed by atoms with Crippen molar-refractivity contribution in [2.75, 3.05) is 42.9 Å². The molecule has 2 aromatic carbocycles. The van der Waals surface area contributed by atoms with E-state index >= 15 is 0 Å². The van der Waals surface area contributed by atoms with Crippen LogP contribution in [-0.2, 0) is 4.79 Å². The number of halogens is 1. The van der Waals surface area contributed by atoms with E-state index in [0.29, 0.717) is 32.0 Å². The lowest BCUT2D eigenvalue weighted by Crippen LogP contribution is -2.49. The molecule has 2 aromatic rings. The molecule has 0 bridgehead atoms. The Bertz CT molecular complexity index is 735. The molecule has 5 heteroatoms. The fourth-order valence-corrected chi connectivity index (χ4v) is 3.32. The molecule has 1 fully saturated rings. The fourth-order valence-electron chi connectivity index (χ4n) is 3.32. The van der Waals surface area contributed by atoms with E-state index in [1.165, 1.54) is 17.7 Å². The summed E-state index contributed by atoms with van der Waals surface area (Å²) in [5.41, 5.74) is 3.37. The molecule has 27 heavy (non-hydrogen) atoms. The standard InChI is InChI=1S/C22H28FN3O/c1-17(2)18-3-7-20(8-4-18)24-12-11-22(27)26-15-13-25(14-16-26)21-9-5-19(23)6-10-21/h3-10,17,24H,11-16H2,1-2H3. The van der Waals surface area contributed by atoms with Crippen LogP contribution < -0.4 is 10.2 Å². The second kappa shape index (κ2) is 8.89. The lowest BCUT2D eigenvalue weighted by atomic mass is 10.0. The van der Waals surface area contributed by atoms with Gasteiger partial charge in [0.25, 0.3) is 0 Å². The van der Waals surface area contributed by atoms with Gasteiger partial charge in [0.2, 0.25) is 5.91 Å². The molecule has 0 atom stereocenters. The Morgan fingerprint density at radius 2 is 1.63 bits per heavy atom. The zero-order valence-corrected chi connectivity index (χ0v) is 16.1. The van der Waals surface area contributed by atoms with Crippen molar-refractivity contribution in [3.63, 3.8) is 0 Å². The molecule has 1 N–H and O–H groups in total. The third kappa shape index (κ3) is 5.22. The fraction of sp³-hybridized carbons (Fsp3) is 0.409. The molecule has 1 saturated heterocycles. The van der Waals surface area contributed by atoms with Gasteiger partial charge in [0.15, 0.2) is 0 Å². The van der Waals surface area contributed by atoms with Crippen molar-refractivity contribution >= 4 is 17.3 Å². The van der Waals surface area contributed by atoms with E-state index < -0.39 is 0 Å². The number of amides is 1. The Morgan fingerprint density at radius 1 is 1.00 bits per heavy atom. The van der Waals surface area contributed by atoms with Gasteiger partial charge in [-0.3, -0.25) is 4.79 Å². The summed E-state index contributed by atoms with van der Waals surface area (Å²) in [5, 5.41) is 3.33. The highest BCUT2D eigenvalue weighted by Crippen LogP contribution is 2.18. The number of rotatable bonds is 6. The Morgan fingerprint density at radius 3 is 2.22 bits per heavy atom. The van der Waals surface area contributed by atoms with E-state index in [-0.39, 0.29) is 11.7 Å². The summed E-state index contributed by atoms with van der Waals surface area (Å²) in [5.74, 6) is 0.480. The van der Waals surface area contributed by atoms with Crippen LogP contribution in [0.2, 0.25) is 0 Å². The Balaban J connectivity index is 1.41. The van der Waals surface area contributed by atoms with Crippen molar-refractivity contribution in [3.8, 4) is 0 Å². The number of piperazine rings is 1. The first-order valence-electron chi connectivity index (χ1n) is 9.65. The van der Waals surface area contributed by atoms with E-state index in [2.05, 4.69) is 48.3 Å². The van der Waals surface area contributed by atoms with Crippen LogP contribution in [0, 0.1) is 5.82 Å². The number of anilines is 2. The summed E-state index contributed by atoms with van der Waals surface area (Å²) in [6.45, 7) is 7.97. The van der Waals surface area contributed by atoms with Gasteiger partial charge in [0.05, 0.1) is 0 Å². The molecule has 0 unspecified atom stereocenters. The van der Waals surface area contributed by atoms with E-state index in [1.807, 2.05) is 4.90 Å². The van der Waals surface area contributed by atoms with Crippen molar-refractivity contribution < 1.29 is 9.18 Å². The number of hydrogen-bond donors (Lipinski definition) is 1. The van der Waals surface area contributed by atoms with Gasteiger partial charge in [-0.15, -0.1) is 0 Å². The van der Waals surface area contributed by atoms with Crippen molar-refractivity contribution in [2.24, 2.45) is 0 Å². The van der Waals surface area contributed by atoms with Crippen molar-refractivity contribution in [3.05, 3.63) is 59.9 Å². The van der Waals surface area contributed by atoms with Gasteiger partial charge < -0.3 is 15.1 Å². The minimum absolute atomic E-state index is 0.181. The van der Waals surface area contributed by atoms with Crippen molar-refractivity contribution in [1.29, 1.82) is 0 Å². The highest BCUT2D eigenvalue weighted by Gasteiger charge is 2.20. The second-order valence-corrected chi connectivity index (χ2v) is 7.30. The Labute approximate surface area is 161 Å². The molecular weight excluding hydrogens is 341 g/mol. The average molecular weight is 369 g/mol. The highest BCUT2D eigenvalue weighted by atomic mass is 19.1. The molecule has 1 amide bonds.